The third-order valence-corrected chi connectivity index (χ3v) is 5.32. The van der Waals surface area contributed by atoms with Gasteiger partial charge in [0.15, 0.2) is 0 Å². The van der Waals surface area contributed by atoms with Crippen LogP contribution in [0.1, 0.15) is 65.7 Å². The van der Waals surface area contributed by atoms with Gasteiger partial charge in [-0.2, -0.15) is 0 Å². The Balaban J connectivity index is 1.83. The largest absolute Gasteiger partial charge is 0.494 e. The zero-order valence-electron chi connectivity index (χ0n) is 17.2. The van der Waals surface area contributed by atoms with Gasteiger partial charge in [-0.25, -0.2) is 4.79 Å². The fraction of sp³-hybridized carbons (Fsp3) is 0.682. The summed E-state index contributed by atoms with van der Waals surface area (Å²) in [6.07, 6.45) is 7.42. The van der Waals surface area contributed by atoms with Crippen LogP contribution in [0.15, 0.2) is 24.3 Å². The predicted molar refractivity (Wildman–Crippen MR) is 111 cm³/mol. The number of likely N-dealkylation sites (N-methyl/N-ethyl adjacent to an activating group) is 1. The Bertz CT molecular complexity index is 543. The van der Waals surface area contributed by atoms with Crippen molar-refractivity contribution in [2.45, 2.75) is 77.9 Å². The van der Waals surface area contributed by atoms with E-state index in [-0.39, 0.29) is 12.2 Å². The van der Waals surface area contributed by atoms with Gasteiger partial charge in [0.05, 0.1) is 6.61 Å². The van der Waals surface area contributed by atoms with Crippen LogP contribution in [0, 0.1) is 0 Å². The second-order valence-electron chi connectivity index (χ2n) is 7.22. The van der Waals surface area contributed by atoms with Crippen molar-refractivity contribution >= 4 is 11.8 Å². The molecule has 2 unspecified atom stereocenters. The number of ether oxygens (including phenoxy) is 2. The van der Waals surface area contributed by atoms with Gasteiger partial charge in [0, 0.05) is 11.7 Å². The van der Waals surface area contributed by atoms with Gasteiger partial charge in [-0.1, -0.05) is 40.0 Å². The Morgan fingerprint density at radius 2 is 1.78 bits per heavy atom. The molecule has 2 atom stereocenters. The standard InChI is InChI=1S/C22H36N2O3/c1-4-7-10-17-26-19-15-13-18(14-16-19)23-22(25)27-21-12-9-8-11-20(21)24(5-2)6-3/h13-16,20-21H,4-12,17H2,1-3H3,(H,23,25). The monoisotopic (exact) mass is 376 g/mol. The molecule has 2 rings (SSSR count). The van der Waals surface area contributed by atoms with Crippen molar-refractivity contribution in [2.75, 3.05) is 25.0 Å². The molecule has 1 saturated carbocycles. The summed E-state index contributed by atoms with van der Waals surface area (Å²) in [6, 6.07) is 7.83. The summed E-state index contributed by atoms with van der Waals surface area (Å²) in [5, 5.41) is 2.85. The van der Waals surface area contributed by atoms with Crippen LogP contribution in [0.5, 0.6) is 5.75 Å². The van der Waals surface area contributed by atoms with E-state index in [1.165, 1.54) is 19.3 Å². The highest BCUT2D eigenvalue weighted by Crippen LogP contribution is 2.26. The number of hydrogen-bond donors (Lipinski definition) is 1. The minimum Gasteiger partial charge on any atom is -0.494 e. The second kappa shape index (κ2) is 11.9. The zero-order chi connectivity index (χ0) is 19.5. The van der Waals surface area contributed by atoms with Crippen LogP contribution in [0.25, 0.3) is 0 Å². The van der Waals surface area contributed by atoms with Crippen LogP contribution < -0.4 is 10.1 Å². The average Bonchev–Trinajstić information content (AvgIpc) is 2.69. The molecule has 0 radical (unpaired) electrons. The third kappa shape index (κ3) is 7.06. The van der Waals surface area contributed by atoms with E-state index < -0.39 is 0 Å². The third-order valence-electron chi connectivity index (χ3n) is 5.32. The zero-order valence-corrected chi connectivity index (χ0v) is 17.2. The summed E-state index contributed by atoms with van der Waals surface area (Å²) in [5.41, 5.74) is 0.733. The van der Waals surface area contributed by atoms with E-state index in [0.29, 0.717) is 6.04 Å². The first-order valence-corrected chi connectivity index (χ1v) is 10.6. The Hall–Kier alpha value is -1.75. The number of carbonyl (C=O) groups is 1. The van der Waals surface area contributed by atoms with Gasteiger partial charge < -0.3 is 9.47 Å². The van der Waals surface area contributed by atoms with Crippen molar-refractivity contribution in [2.24, 2.45) is 0 Å². The Morgan fingerprint density at radius 3 is 2.44 bits per heavy atom. The summed E-state index contributed by atoms with van der Waals surface area (Å²) >= 11 is 0. The molecule has 1 aliphatic carbocycles. The highest BCUT2D eigenvalue weighted by Gasteiger charge is 2.31. The number of benzene rings is 1. The minimum absolute atomic E-state index is 0.0279. The fourth-order valence-corrected chi connectivity index (χ4v) is 3.79. The molecule has 0 aliphatic heterocycles. The molecule has 27 heavy (non-hydrogen) atoms. The summed E-state index contributed by atoms with van der Waals surface area (Å²) in [6.45, 7) is 9.22. The van der Waals surface area contributed by atoms with E-state index in [2.05, 4.69) is 31.0 Å². The van der Waals surface area contributed by atoms with Gasteiger partial charge in [0.1, 0.15) is 11.9 Å². The molecule has 1 amide bonds. The molecule has 5 nitrogen and oxygen atoms in total. The van der Waals surface area contributed by atoms with Crippen LogP contribution in [0.2, 0.25) is 0 Å². The van der Waals surface area contributed by atoms with Crippen LogP contribution in [0.4, 0.5) is 10.5 Å². The summed E-state index contributed by atoms with van der Waals surface area (Å²) in [5.74, 6) is 0.832. The lowest BCUT2D eigenvalue weighted by atomic mass is 9.91. The Labute approximate surface area is 164 Å². The predicted octanol–water partition coefficient (Wildman–Crippen LogP) is 5.46. The number of carbonyl (C=O) groups excluding carboxylic acids is 1. The first-order chi connectivity index (χ1) is 13.2. The fourth-order valence-electron chi connectivity index (χ4n) is 3.79. The van der Waals surface area contributed by atoms with E-state index in [1.807, 2.05) is 24.3 Å². The molecular weight excluding hydrogens is 340 g/mol. The smallest absolute Gasteiger partial charge is 0.411 e. The number of nitrogens with one attached hydrogen (secondary N) is 1. The van der Waals surface area contributed by atoms with Crippen LogP contribution in [-0.4, -0.2) is 42.8 Å². The van der Waals surface area contributed by atoms with E-state index >= 15 is 0 Å². The quantitative estimate of drug-likeness (QED) is 0.551. The van der Waals surface area contributed by atoms with Crippen LogP contribution in [0.3, 0.4) is 0 Å². The van der Waals surface area contributed by atoms with Crippen molar-refractivity contribution in [1.82, 2.24) is 4.90 Å². The van der Waals surface area contributed by atoms with Crippen molar-refractivity contribution in [3.05, 3.63) is 24.3 Å². The van der Waals surface area contributed by atoms with Crippen molar-refractivity contribution in [3.8, 4) is 5.75 Å². The molecule has 0 aromatic heterocycles. The van der Waals surface area contributed by atoms with Crippen molar-refractivity contribution < 1.29 is 14.3 Å². The molecule has 1 fully saturated rings. The van der Waals surface area contributed by atoms with Gasteiger partial charge in [0.25, 0.3) is 0 Å². The second-order valence-corrected chi connectivity index (χ2v) is 7.22. The summed E-state index contributed by atoms with van der Waals surface area (Å²) in [4.78, 5) is 14.8. The molecule has 1 aromatic rings. The lowest BCUT2D eigenvalue weighted by Gasteiger charge is -2.38. The maximum absolute atomic E-state index is 12.4. The van der Waals surface area contributed by atoms with Gasteiger partial charge in [0.2, 0.25) is 0 Å². The van der Waals surface area contributed by atoms with E-state index in [4.69, 9.17) is 9.47 Å². The van der Waals surface area contributed by atoms with E-state index in [9.17, 15) is 4.79 Å². The number of hydrogen-bond acceptors (Lipinski definition) is 4. The number of rotatable bonds is 10. The van der Waals surface area contributed by atoms with Gasteiger partial charge in [-0.3, -0.25) is 10.2 Å². The van der Waals surface area contributed by atoms with E-state index in [0.717, 1.165) is 56.8 Å². The molecule has 5 heteroatoms. The maximum atomic E-state index is 12.4. The van der Waals surface area contributed by atoms with E-state index in [1.54, 1.807) is 0 Å². The molecule has 1 N–H and O–H groups in total. The molecule has 0 spiro atoms. The molecule has 0 saturated heterocycles. The minimum atomic E-state index is -0.365. The Morgan fingerprint density at radius 1 is 1.07 bits per heavy atom. The van der Waals surface area contributed by atoms with Crippen molar-refractivity contribution in [3.63, 3.8) is 0 Å². The summed E-state index contributed by atoms with van der Waals surface area (Å²) < 4.78 is 11.5. The molecule has 1 aromatic carbocycles. The first-order valence-electron chi connectivity index (χ1n) is 10.6. The van der Waals surface area contributed by atoms with Crippen molar-refractivity contribution in [1.29, 1.82) is 0 Å². The topological polar surface area (TPSA) is 50.8 Å². The molecule has 0 heterocycles. The molecule has 0 bridgehead atoms. The first kappa shape index (κ1) is 21.5. The maximum Gasteiger partial charge on any atom is 0.411 e. The number of nitrogens with zero attached hydrogens (tertiary/aromatic N) is 1. The van der Waals surface area contributed by atoms with Crippen LogP contribution in [-0.2, 0) is 4.74 Å². The normalized spacial score (nSPS) is 19.7. The lowest BCUT2D eigenvalue weighted by Crippen LogP contribution is -2.47. The number of anilines is 1. The average molecular weight is 377 g/mol. The van der Waals surface area contributed by atoms with Gasteiger partial charge >= 0.3 is 6.09 Å². The highest BCUT2D eigenvalue weighted by atomic mass is 16.6. The number of amides is 1. The Kier molecular flexibility index (Phi) is 9.46. The SMILES string of the molecule is CCCCCOc1ccc(NC(=O)OC2CCCCC2N(CC)CC)cc1. The summed E-state index contributed by atoms with van der Waals surface area (Å²) in [7, 11) is 0. The molecule has 152 valence electrons. The lowest BCUT2D eigenvalue weighted by molar-refractivity contribution is 0.0125. The van der Waals surface area contributed by atoms with Gasteiger partial charge in [-0.05, 0) is 63.0 Å². The number of unbranched alkanes of at least 4 members (excludes halogenated alkanes) is 2. The molecular formula is C22H36N2O3. The molecule has 1 aliphatic rings. The van der Waals surface area contributed by atoms with Gasteiger partial charge in [-0.15, -0.1) is 0 Å². The van der Waals surface area contributed by atoms with Crippen LogP contribution >= 0.6 is 0 Å². The highest BCUT2D eigenvalue weighted by molar-refractivity contribution is 5.84.